The fraction of sp³-hybridized carbons (Fsp3) is 0.222. The summed E-state index contributed by atoms with van der Waals surface area (Å²) in [6, 6.07) is 5.60. The summed E-state index contributed by atoms with van der Waals surface area (Å²) in [5.74, 6) is -1.40. The molecule has 2 aromatic rings. The Kier molecular flexibility index (Phi) is 5.24. The lowest BCUT2D eigenvalue weighted by Crippen LogP contribution is -2.05. The maximum atomic E-state index is 14.3. The van der Waals surface area contributed by atoms with E-state index in [-0.39, 0.29) is 11.3 Å². The Hall–Kier alpha value is -2.40. The van der Waals surface area contributed by atoms with Crippen LogP contribution in [-0.4, -0.2) is 26.0 Å². The summed E-state index contributed by atoms with van der Waals surface area (Å²) in [5, 5.41) is 0.369. The first-order chi connectivity index (χ1) is 11.3. The van der Waals surface area contributed by atoms with Crippen molar-refractivity contribution in [2.45, 2.75) is 13.8 Å². The van der Waals surface area contributed by atoms with Gasteiger partial charge in [0.1, 0.15) is 11.6 Å². The third-order valence-corrected chi connectivity index (χ3v) is 4.12. The molecule has 0 aliphatic heterocycles. The molecule has 0 amide bonds. The standard InChI is InChI=1S/C18H16ClFO4/c1-9-14(19)8-13(10(2)21)17(23-3)16(9)11-5-6-12(15(20)7-11)18(22)24-4/h5-8H,1-4H3. The number of ketones is 1. The number of esters is 1. The van der Waals surface area contributed by atoms with Crippen molar-refractivity contribution in [3.63, 3.8) is 0 Å². The number of carbonyl (C=O) groups excluding carboxylic acids is 2. The van der Waals surface area contributed by atoms with Crippen LogP contribution in [0, 0.1) is 12.7 Å². The predicted molar refractivity (Wildman–Crippen MR) is 89.5 cm³/mol. The van der Waals surface area contributed by atoms with Crippen molar-refractivity contribution in [3.8, 4) is 16.9 Å². The van der Waals surface area contributed by atoms with E-state index in [1.54, 1.807) is 13.0 Å². The maximum absolute atomic E-state index is 14.3. The van der Waals surface area contributed by atoms with Crippen molar-refractivity contribution >= 4 is 23.4 Å². The molecule has 2 aromatic carbocycles. The van der Waals surface area contributed by atoms with Gasteiger partial charge in [0.05, 0.1) is 25.3 Å². The van der Waals surface area contributed by atoms with Crippen molar-refractivity contribution in [2.75, 3.05) is 14.2 Å². The number of hydrogen-bond acceptors (Lipinski definition) is 4. The average molecular weight is 351 g/mol. The van der Waals surface area contributed by atoms with E-state index in [9.17, 15) is 14.0 Å². The van der Waals surface area contributed by atoms with Crippen LogP contribution in [0.2, 0.25) is 5.02 Å². The Morgan fingerprint density at radius 3 is 2.29 bits per heavy atom. The van der Waals surface area contributed by atoms with Crippen LogP contribution in [0.1, 0.15) is 33.2 Å². The van der Waals surface area contributed by atoms with Crippen LogP contribution >= 0.6 is 11.6 Å². The predicted octanol–water partition coefficient (Wildman–Crippen LogP) is 4.45. The topological polar surface area (TPSA) is 52.6 Å². The van der Waals surface area contributed by atoms with E-state index in [0.29, 0.717) is 33.0 Å². The Balaban J connectivity index is 2.74. The first-order valence-electron chi connectivity index (χ1n) is 7.08. The molecule has 0 saturated heterocycles. The summed E-state index contributed by atoms with van der Waals surface area (Å²) in [4.78, 5) is 23.4. The van der Waals surface area contributed by atoms with Crippen molar-refractivity contribution in [3.05, 3.63) is 51.8 Å². The van der Waals surface area contributed by atoms with Crippen LogP contribution < -0.4 is 4.74 Å². The third-order valence-electron chi connectivity index (χ3n) is 3.72. The molecule has 0 fully saturated rings. The number of rotatable bonds is 4. The van der Waals surface area contributed by atoms with Crippen LogP contribution in [-0.2, 0) is 4.74 Å². The molecule has 24 heavy (non-hydrogen) atoms. The van der Waals surface area contributed by atoms with Gasteiger partial charge in [0.25, 0.3) is 0 Å². The second-order valence-electron chi connectivity index (χ2n) is 5.18. The molecule has 0 heterocycles. The zero-order chi connectivity index (χ0) is 18.0. The molecular formula is C18H16ClFO4. The molecular weight excluding hydrogens is 335 g/mol. The number of benzene rings is 2. The van der Waals surface area contributed by atoms with E-state index in [4.69, 9.17) is 16.3 Å². The van der Waals surface area contributed by atoms with E-state index in [1.807, 2.05) is 0 Å². The van der Waals surface area contributed by atoms with E-state index < -0.39 is 11.8 Å². The Morgan fingerprint density at radius 1 is 1.12 bits per heavy atom. The lowest BCUT2D eigenvalue weighted by molar-refractivity contribution is 0.0595. The molecule has 0 aliphatic carbocycles. The van der Waals surface area contributed by atoms with Gasteiger partial charge in [-0.15, -0.1) is 0 Å². The zero-order valence-electron chi connectivity index (χ0n) is 13.7. The fourth-order valence-corrected chi connectivity index (χ4v) is 2.70. The zero-order valence-corrected chi connectivity index (χ0v) is 14.5. The summed E-state index contributed by atoms with van der Waals surface area (Å²) in [5.41, 5.74) is 1.72. The number of ether oxygens (including phenoxy) is 2. The van der Waals surface area contributed by atoms with Crippen molar-refractivity contribution in [2.24, 2.45) is 0 Å². The van der Waals surface area contributed by atoms with Gasteiger partial charge in [-0.2, -0.15) is 0 Å². The van der Waals surface area contributed by atoms with Gasteiger partial charge >= 0.3 is 5.97 Å². The largest absolute Gasteiger partial charge is 0.495 e. The van der Waals surface area contributed by atoms with E-state index in [0.717, 1.165) is 0 Å². The maximum Gasteiger partial charge on any atom is 0.340 e. The van der Waals surface area contributed by atoms with Crippen LogP contribution in [0.4, 0.5) is 4.39 Å². The quantitative estimate of drug-likeness (QED) is 0.603. The highest BCUT2D eigenvalue weighted by molar-refractivity contribution is 6.32. The molecule has 0 N–H and O–H groups in total. The SMILES string of the molecule is COC(=O)c1ccc(-c2c(C)c(Cl)cc(C(C)=O)c2OC)cc1F. The molecule has 0 saturated carbocycles. The molecule has 0 unspecified atom stereocenters. The molecule has 0 spiro atoms. The fourth-order valence-electron chi connectivity index (χ4n) is 2.49. The third kappa shape index (κ3) is 3.12. The molecule has 6 heteroatoms. The summed E-state index contributed by atoms with van der Waals surface area (Å²) in [6.07, 6.45) is 0. The van der Waals surface area contributed by atoms with E-state index >= 15 is 0 Å². The second-order valence-corrected chi connectivity index (χ2v) is 5.59. The highest BCUT2D eigenvalue weighted by Gasteiger charge is 2.21. The summed E-state index contributed by atoms with van der Waals surface area (Å²) in [7, 11) is 2.61. The molecule has 0 bridgehead atoms. The second kappa shape index (κ2) is 7.01. The highest BCUT2D eigenvalue weighted by atomic mass is 35.5. The van der Waals surface area contributed by atoms with E-state index in [1.165, 1.54) is 39.3 Å². The highest BCUT2D eigenvalue weighted by Crippen LogP contribution is 2.40. The number of carbonyl (C=O) groups is 2. The monoisotopic (exact) mass is 350 g/mol. The lowest BCUT2D eigenvalue weighted by Gasteiger charge is -2.17. The van der Waals surface area contributed by atoms with Crippen LogP contribution in [0.25, 0.3) is 11.1 Å². The Labute approximate surface area is 144 Å². The van der Waals surface area contributed by atoms with Gasteiger partial charge in [-0.25, -0.2) is 9.18 Å². The number of hydrogen-bond donors (Lipinski definition) is 0. The first-order valence-corrected chi connectivity index (χ1v) is 7.45. The number of methoxy groups -OCH3 is 2. The van der Waals surface area contributed by atoms with Crippen LogP contribution in [0.5, 0.6) is 5.75 Å². The smallest absolute Gasteiger partial charge is 0.340 e. The normalized spacial score (nSPS) is 10.4. The van der Waals surface area contributed by atoms with Gasteiger partial charge in [0, 0.05) is 10.6 Å². The number of halogens is 2. The van der Waals surface area contributed by atoms with Gasteiger partial charge in [0.2, 0.25) is 0 Å². The van der Waals surface area contributed by atoms with Crippen LogP contribution in [0.3, 0.4) is 0 Å². The molecule has 0 atom stereocenters. The molecule has 0 aromatic heterocycles. The van der Waals surface area contributed by atoms with Gasteiger partial charge in [-0.1, -0.05) is 17.7 Å². The van der Waals surface area contributed by atoms with E-state index in [2.05, 4.69) is 4.74 Å². The summed E-state index contributed by atoms with van der Waals surface area (Å²) >= 11 is 6.21. The molecule has 0 radical (unpaired) electrons. The Morgan fingerprint density at radius 2 is 1.79 bits per heavy atom. The van der Waals surface area contributed by atoms with Crippen LogP contribution in [0.15, 0.2) is 24.3 Å². The molecule has 126 valence electrons. The molecule has 0 aliphatic rings. The van der Waals surface area contributed by atoms with Gasteiger partial charge in [-0.05, 0) is 43.2 Å². The van der Waals surface area contributed by atoms with Crippen molar-refractivity contribution < 1.29 is 23.5 Å². The number of Topliss-reactive ketones (excluding diaryl/α,β-unsaturated/α-hetero) is 1. The minimum atomic E-state index is -0.766. The lowest BCUT2D eigenvalue weighted by atomic mass is 9.94. The Bertz CT molecular complexity index is 830. The van der Waals surface area contributed by atoms with Crippen molar-refractivity contribution in [1.29, 1.82) is 0 Å². The van der Waals surface area contributed by atoms with Gasteiger partial charge in [-0.3, -0.25) is 4.79 Å². The minimum absolute atomic E-state index is 0.174. The molecule has 4 nitrogen and oxygen atoms in total. The average Bonchev–Trinajstić information content (AvgIpc) is 2.55. The summed E-state index contributed by atoms with van der Waals surface area (Å²) in [6.45, 7) is 3.14. The van der Waals surface area contributed by atoms with Gasteiger partial charge < -0.3 is 9.47 Å². The van der Waals surface area contributed by atoms with Gasteiger partial charge in [0.15, 0.2) is 5.78 Å². The minimum Gasteiger partial charge on any atom is -0.495 e. The van der Waals surface area contributed by atoms with Crippen molar-refractivity contribution in [1.82, 2.24) is 0 Å². The summed E-state index contributed by atoms with van der Waals surface area (Å²) < 4.78 is 24.2. The molecule has 2 rings (SSSR count). The first kappa shape index (κ1) is 17.9.